The quantitative estimate of drug-likeness (QED) is 0.843. The minimum absolute atomic E-state index is 0.0211. The number of rotatable bonds is 6. The van der Waals surface area contributed by atoms with Crippen LogP contribution in [0.2, 0.25) is 0 Å². The Bertz CT molecular complexity index is 704. The molecule has 2 fully saturated rings. The maximum Gasteiger partial charge on any atom is 0.108 e. The molecule has 4 nitrogen and oxygen atoms in total. The predicted molar refractivity (Wildman–Crippen MR) is 97.3 cm³/mol. The highest BCUT2D eigenvalue weighted by Gasteiger charge is 2.46. The van der Waals surface area contributed by atoms with Gasteiger partial charge in [-0.25, -0.2) is 4.98 Å². The standard InChI is InChI=1S/C19H26N2O2S/c1-13-2-5-16-15(10-13)21-17(24-16)11-20-18(14-3-4-14)19(12-22)6-8-23-9-7-19/h2,5,10,14,18,20,22H,3-4,6-9,11-12H2,1H3. The largest absolute Gasteiger partial charge is 0.396 e. The van der Waals surface area contributed by atoms with E-state index in [2.05, 4.69) is 30.4 Å². The number of benzene rings is 1. The molecule has 0 bridgehead atoms. The zero-order valence-corrected chi connectivity index (χ0v) is 15.1. The summed E-state index contributed by atoms with van der Waals surface area (Å²) in [4.78, 5) is 4.79. The average molecular weight is 346 g/mol. The second kappa shape index (κ2) is 6.71. The Morgan fingerprint density at radius 2 is 2.17 bits per heavy atom. The number of nitrogens with zero attached hydrogens (tertiary/aromatic N) is 1. The van der Waals surface area contributed by atoms with Gasteiger partial charge in [0.15, 0.2) is 0 Å². The molecule has 0 amide bonds. The Labute approximate surface area is 147 Å². The van der Waals surface area contributed by atoms with Crippen molar-refractivity contribution in [2.75, 3.05) is 19.8 Å². The number of nitrogens with one attached hydrogen (secondary N) is 1. The second-order valence-corrected chi connectivity index (χ2v) is 8.52. The van der Waals surface area contributed by atoms with Gasteiger partial charge in [0, 0.05) is 31.2 Å². The molecular formula is C19H26N2O2S. The van der Waals surface area contributed by atoms with Crippen LogP contribution in [0.5, 0.6) is 0 Å². The number of fused-ring (bicyclic) bond motifs is 1. The highest BCUT2D eigenvalue weighted by molar-refractivity contribution is 7.18. The van der Waals surface area contributed by atoms with Gasteiger partial charge in [-0.2, -0.15) is 0 Å². The van der Waals surface area contributed by atoms with Crippen molar-refractivity contribution in [3.05, 3.63) is 28.8 Å². The van der Waals surface area contributed by atoms with Crippen LogP contribution in [-0.2, 0) is 11.3 Å². The minimum Gasteiger partial charge on any atom is -0.396 e. The van der Waals surface area contributed by atoms with Gasteiger partial charge in [-0.15, -0.1) is 11.3 Å². The summed E-state index contributed by atoms with van der Waals surface area (Å²) in [5.41, 5.74) is 2.33. The highest BCUT2D eigenvalue weighted by atomic mass is 32.1. The van der Waals surface area contributed by atoms with E-state index in [1.165, 1.54) is 23.1 Å². The van der Waals surface area contributed by atoms with Crippen molar-refractivity contribution in [1.82, 2.24) is 10.3 Å². The van der Waals surface area contributed by atoms with Crippen LogP contribution < -0.4 is 5.32 Å². The van der Waals surface area contributed by atoms with Crippen molar-refractivity contribution in [3.8, 4) is 0 Å². The van der Waals surface area contributed by atoms with E-state index >= 15 is 0 Å². The molecule has 1 aliphatic carbocycles. The van der Waals surface area contributed by atoms with Crippen LogP contribution in [0, 0.1) is 18.3 Å². The van der Waals surface area contributed by atoms with Gasteiger partial charge < -0.3 is 15.2 Å². The summed E-state index contributed by atoms with van der Waals surface area (Å²) in [6.07, 6.45) is 4.46. The third-order valence-electron chi connectivity index (χ3n) is 5.62. The van der Waals surface area contributed by atoms with Gasteiger partial charge in [-0.3, -0.25) is 0 Å². The number of thiazole rings is 1. The predicted octanol–water partition coefficient (Wildman–Crippen LogP) is 3.26. The van der Waals surface area contributed by atoms with Gasteiger partial charge in [-0.1, -0.05) is 6.07 Å². The Hall–Kier alpha value is -1.01. The van der Waals surface area contributed by atoms with E-state index in [9.17, 15) is 5.11 Å². The van der Waals surface area contributed by atoms with E-state index in [1.54, 1.807) is 11.3 Å². The molecule has 2 aromatic rings. The van der Waals surface area contributed by atoms with Crippen LogP contribution in [0.15, 0.2) is 18.2 Å². The van der Waals surface area contributed by atoms with Crippen molar-refractivity contribution in [2.45, 2.75) is 45.2 Å². The summed E-state index contributed by atoms with van der Waals surface area (Å²) in [7, 11) is 0. The van der Waals surface area contributed by atoms with Gasteiger partial charge in [0.2, 0.25) is 0 Å². The SMILES string of the molecule is Cc1ccc2sc(CNC(C3CC3)C3(CO)CCOCC3)nc2c1. The molecule has 24 heavy (non-hydrogen) atoms. The van der Waals surface area contributed by atoms with Crippen molar-refractivity contribution in [3.63, 3.8) is 0 Å². The zero-order valence-electron chi connectivity index (χ0n) is 14.3. The van der Waals surface area contributed by atoms with E-state index < -0.39 is 0 Å². The number of aryl methyl sites for hydroxylation is 1. The van der Waals surface area contributed by atoms with E-state index in [0.29, 0.717) is 12.0 Å². The normalized spacial score (nSPS) is 21.9. The Morgan fingerprint density at radius 3 is 2.88 bits per heavy atom. The van der Waals surface area contributed by atoms with Crippen molar-refractivity contribution in [2.24, 2.45) is 11.3 Å². The summed E-state index contributed by atoms with van der Waals surface area (Å²) in [6.45, 7) is 4.69. The molecule has 1 saturated carbocycles. The van der Waals surface area contributed by atoms with Crippen LogP contribution in [0.3, 0.4) is 0 Å². The summed E-state index contributed by atoms with van der Waals surface area (Å²) in [6, 6.07) is 6.84. The first-order chi connectivity index (χ1) is 11.7. The number of aliphatic hydroxyl groups is 1. The average Bonchev–Trinajstić information content (AvgIpc) is 3.35. The van der Waals surface area contributed by atoms with E-state index in [0.717, 1.165) is 43.1 Å². The van der Waals surface area contributed by atoms with E-state index in [4.69, 9.17) is 9.72 Å². The fourth-order valence-electron chi connectivity index (χ4n) is 4.02. The first-order valence-corrected chi connectivity index (χ1v) is 9.80. The number of hydrogen-bond acceptors (Lipinski definition) is 5. The first kappa shape index (κ1) is 16.5. The van der Waals surface area contributed by atoms with Gasteiger partial charge >= 0.3 is 0 Å². The molecule has 1 aliphatic heterocycles. The molecule has 2 heterocycles. The molecule has 4 rings (SSSR count). The lowest BCUT2D eigenvalue weighted by Crippen LogP contribution is -2.51. The Balaban J connectivity index is 1.50. The molecule has 0 spiro atoms. The van der Waals surface area contributed by atoms with Crippen LogP contribution in [0.25, 0.3) is 10.2 Å². The Morgan fingerprint density at radius 1 is 1.38 bits per heavy atom. The van der Waals surface area contributed by atoms with Crippen LogP contribution >= 0.6 is 11.3 Å². The topological polar surface area (TPSA) is 54.4 Å². The first-order valence-electron chi connectivity index (χ1n) is 8.98. The molecular weight excluding hydrogens is 320 g/mol. The molecule has 1 saturated heterocycles. The third-order valence-corrected chi connectivity index (χ3v) is 6.65. The van der Waals surface area contributed by atoms with Gasteiger partial charge in [0.25, 0.3) is 0 Å². The maximum absolute atomic E-state index is 10.1. The van der Waals surface area contributed by atoms with Gasteiger partial charge in [0.1, 0.15) is 5.01 Å². The molecule has 130 valence electrons. The molecule has 1 unspecified atom stereocenters. The van der Waals surface area contributed by atoms with Crippen LogP contribution in [0.1, 0.15) is 36.3 Å². The number of hydrogen-bond donors (Lipinski definition) is 2. The second-order valence-electron chi connectivity index (χ2n) is 7.41. The summed E-state index contributed by atoms with van der Waals surface area (Å²) < 4.78 is 6.79. The van der Waals surface area contributed by atoms with Crippen molar-refractivity contribution < 1.29 is 9.84 Å². The van der Waals surface area contributed by atoms with E-state index in [1.807, 2.05) is 0 Å². The fourth-order valence-corrected chi connectivity index (χ4v) is 4.91. The lowest BCUT2D eigenvalue weighted by atomic mass is 9.72. The van der Waals surface area contributed by atoms with Gasteiger partial charge in [0.05, 0.1) is 16.8 Å². The van der Waals surface area contributed by atoms with Crippen molar-refractivity contribution >= 4 is 21.6 Å². The summed E-state index contributed by atoms with van der Waals surface area (Å²) >= 11 is 1.77. The summed E-state index contributed by atoms with van der Waals surface area (Å²) in [5, 5.41) is 15.0. The van der Waals surface area contributed by atoms with Crippen LogP contribution in [0.4, 0.5) is 0 Å². The molecule has 0 radical (unpaired) electrons. The van der Waals surface area contributed by atoms with E-state index in [-0.39, 0.29) is 12.0 Å². The molecule has 1 atom stereocenters. The fraction of sp³-hybridized carbons (Fsp3) is 0.632. The van der Waals surface area contributed by atoms with Crippen LogP contribution in [-0.4, -0.2) is 36.0 Å². The minimum atomic E-state index is -0.0211. The maximum atomic E-state index is 10.1. The van der Waals surface area contributed by atoms with Gasteiger partial charge in [-0.05, 0) is 56.2 Å². The molecule has 2 N–H and O–H groups in total. The molecule has 1 aromatic carbocycles. The monoisotopic (exact) mass is 346 g/mol. The zero-order chi connectivity index (χ0) is 16.6. The molecule has 2 aliphatic rings. The lowest BCUT2D eigenvalue weighted by Gasteiger charge is -2.43. The highest BCUT2D eigenvalue weighted by Crippen LogP contribution is 2.45. The van der Waals surface area contributed by atoms with Crippen molar-refractivity contribution in [1.29, 1.82) is 0 Å². The third kappa shape index (κ3) is 3.23. The lowest BCUT2D eigenvalue weighted by molar-refractivity contribution is -0.0422. The number of ether oxygens (including phenoxy) is 1. The number of aromatic nitrogens is 1. The summed E-state index contributed by atoms with van der Waals surface area (Å²) in [5.74, 6) is 0.701. The smallest absolute Gasteiger partial charge is 0.108 e. The molecule has 1 aromatic heterocycles. The number of aliphatic hydroxyl groups excluding tert-OH is 1. The molecule has 5 heteroatoms. The Kier molecular flexibility index (Phi) is 4.60.